The monoisotopic (exact) mass is 778 g/mol. The summed E-state index contributed by atoms with van der Waals surface area (Å²) in [5.41, 5.74) is 15.3. The molecule has 10 aromatic carbocycles. The molecule has 0 aliphatic rings. The number of anilines is 3. The first kappa shape index (κ1) is 34.9. The molecule has 0 spiro atoms. The lowest BCUT2D eigenvalue weighted by molar-refractivity contribution is 0.670. The van der Waals surface area contributed by atoms with E-state index in [1.165, 1.54) is 38.2 Å². The van der Waals surface area contributed by atoms with Crippen LogP contribution >= 0.6 is 0 Å². The summed E-state index contributed by atoms with van der Waals surface area (Å²) >= 11 is 0. The first-order valence-electron chi connectivity index (χ1n) is 20.8. The van der Waals surface area contributed by atoms with E-state index in [9.17, 15) is 0 Å². The van der Waals surface area contributed by atoms with Crippen LogP contribution in [0.25, 0.3) is 93.6 Å². The molecule has 0 unspecified atom stereocenters. The Labute approximate surface area is 353 Å². The molecule has 2 aromatic heterocycles. The lowest BCUT2D eigenvalue weighted by Crippen LogP contribution is -2.11. The summed E-state index contributed by atoms with van der Waals surface area (Å²) in [5, 5.41) is 6.94. The van der Waals surface area contributed by atoms with Crippen molar-refractivity contribution >= 4 is 71.6 Å². The third-order valence-corrected chi connectivity index (χ3v) is 12.2. The molecule has 0 aliphatic carbocycles. The minimum absolute atomic E-state index is 0.861. The Morgan fingerprint density at radius 1 is 0.361 bits per heavy atom. The van der Waals surface area contributed by atoms with Gasteiger partial charge in [0.15, 0.2) is 0 Å². The summed E-state index contributed by atoms with van der Waals surface area (Å²) in [6, 6.07) is 82.8. The fourth-order valence-electron chi connectivity index (χ4n) is 9.32. The Hall–Kier alpha value is -8.14. The van der Waals surface area contributed by atoms with Gasteiger partial charge < -0.3 is 13.9 Å². The van der Waals surface area contributed by atoms with Crippen LogP contribution in [0.1, 0.15) is 0 Å². The number of hydrogen-bond donors (Lipinski definition) is 0. The van der Waals surface area contributed by atoms with E-state index >= 15 is 0 Å². The van der Waals surface area contributed by atoms with Gasteiger partial charge in [-0.3, -0.25) is 0 Å². The molecule has 12 aromatic rings. The first-order chi connectivity index (χ1) is 30.3. The number of nitrogens with zero attached hydrogens (tertiary/aromatic N) is 2. The number of furan rings is 1. The lowest BCUT2D eigenvalue weighted by Gasteiger charge is -2.28. The normalized spacial score (nSPS) is 11.6. The van der Waals surface area contributed by atoms with Crippen LogP contribution in [0.3, 0.4) is 0 Å². The van der Waals surface area contributed by atoms with E-state index in [0.717, 1.165) is 72.4 Å². The van der Waals surface area contributed by atoms with Gasteiger partial charge in [-0.25, -0.2) is 0 Å². The van der Waals surface area contributed by atoms with Crippen molar-refractivity contribution in [2.45, 2.75) is 0 Å². The van der Waals surface area contributed by atoms with Crippen molar-refractivity contribution in [1.82, 2.24) is 4.57 Å². The Morgan fingerprint density at radius 2 is 0.934 bits per heavy atom. The predicted molar refractivity (Wildman–Crippen MR) is 257 cm³/mol. The number of para-hydroxylation sites is 3. The topological polar surface area (TPSA) is 21.3 Å². The molecule has 0 amide bonds. The molecule has 12 rings (SSSR count). The van der Waals surface area contributed by atoms with Crippen molar-refractivity contribution in [3.8, 4) is 39.1 Å². The molecule has 3 nitrogen and oxygen atoms in total. The molecule has 0 aliphatic heterocycles. The van der Waals surface area contributed by atoms with Crippen LogP contribution in [0.4, 0.5) is 17.1 Å². The van der Waals surface area contributed by atoms with E-state index in [4.69, 9.17) is 4.42 Å². The Kier molecular flexibility index (Phi) is 8.17. The summed E-state index contributed by atoms with van der Waals surface area (Å²) in [6.07, 6.45) is 0. The molecule has 3 heteroatoms. The van der Waals surface area contributed by atoms with Crippen LogP contribution < -0.4 is 4.90 Å². The molecular weight excluding hydrogens is 741 g/mol. The van der Waals surface area contributed by atoms with Crippen molar-refractivity contribution in [3.05, 3.63) is 231 Å². The van der Waals surface area contributed by atoms with Gasteiger partial charge in [0.1, 0.15) is 11.2 Å². The second kappa shape index (κ2) is 14.3. The third-order valence-electron chi connectivity index (χ3n) is 12.2. The van der Waals surface area contributed by atoms with Gasteiger partial charge in [-0.2, -0.15) is 0 Å². The van der Waals surface area contributed by atoms with Crippen molar-refractivity contribution in [3.63, 3.8) is 0 Å². The van der Waals surface area contributed by atoms with Gasteiger partial charge in [-0.05, 0) is 105 Å². The minimum atomic E-state index is 0.861. The van der Waals surface area contributed by atoms with Crippen molar-refractivity contribution in [2.75, 3.05) is 4.90 Å². The van der Waals surface area contributed by atoms with E-state index < -0.39 is 0 Å². The third kappa shape index (κ3) is 5.82. The zero-order valence-corrected chi connectivity index (χ0v) is 33.2. The summed E-state index contributed by atoms with van der Waals surface area (Å²) in [5.74, 6) is 0. The average molecular weight is 779 g/mol. The predicted octanol–water partition coefficient (Wildman–Crippen LogP) is 16.3. The van der Waals surface area contributed by atoms with Crippen molar-refractivity contribution in [1.29, 1.82) is 0 Å². The molecule has 0 N–H and O–H groups in total. The Morgan fingerprint density at radius 3 is 1.70 bits per heavy atom. The zero-order valence-electron chi connectivity index (χ0n) is 33.2. The van der Waals surface area contributed by atoms with E-state index in [0.29, 0.717) is 0 Å². The average Bonchev–Trinajstić information content (AvgIpc) is 3.90. The highest BCUT2D eigenvalue weighted by Gasteiger charge is 2.25. The van der Waals surface area contributed by atoms with Crippen LogP contribution in [-0.4, -0.2) is 4.57 Å². The molecule has 0 saturated heterocycles. The van der Waals surface area contributed by atoms with Crippen molar-refractivity contribution in [2.24, 2.45) is 0 Å². The molecule has 0 atom stereocenters. The van der Waals surface area contributed by atoms with Crippen LogP contribution in [0, 0.1) is 0 Å². The van der Waals surface area contributed by atoms with E-state index in [2.05, 4.69) is 240 Å². The molecular formula is C58H38N2O. The Bertz CT molecular complexity index is 3560. The van der Waals surface area contributed by atoms with Gasteiger partial charge in [0.25, 0.3) is 0 Å². The molecule has 0 radical (unpaired) electrons. The summed E-state index contributed by atoms with van der Waals surface area (Å²) in [6.45, 7) is 0. The fraction of sp³-hybridized carbons (Fsp3) is 0. The smallest absolute Gasteiger partial charge is 0.145 e. The van der Waals surface area contributed by atoms with Gasteiger partial charge in [-0.1, -0.05) is 164 Å². The first-order valence-corrected chi connectivity index (χ1v) is 20.8. The van der Waals surface area contributed by atoms with Crippen molar-refractivity contribution < 1.29 is 4.42 Å². The van der Waals surface area contributed by atoms with Gasteiger partial charge >= 0.3 is 0 Å². The second-order valence-electron chi connectivity index (χ2n) is 15.7. The van der Waals surface area contributed by atoms with Crippen LogP contribution in [0.5, 0.6) is 0 Å². The van der Waals surface area contributed by atoms with Crippen LogP contribution in [0.2, 0.25) is 0 Å². The van der Waals surface area contributed by atoms with Crippen LogP contribution in [-0.2, 0) is 0 Å². The van der Waals surface area contributed by atoms with Gasteiger partial charge in [-0.15, -0.1) is 0 Å². The summed E-state index contributed by atoms with van der Waals surface area (Å²) < 4.78 is 9.31. The maximum Gasteiger partial charge on any atom is 0.145 e. The maximum atomic E-state index is 6.92. The largest absolute Gasteiger partial charge is 0.455 e. The molecule has 2 heterocycles. The van der Waals surface area contributed by atoms with Gasteiger partial charge in [0, 0.05) is 33.1 Å². The lowest BCUT2D eigenvalue weighted by atomic mass is 9.97. The summed E-state index contributed by atoms with van der Waals surface area (Å²) in [4.78, 5) is 2.45. The van der Waals surface area contributed by atoms with Crippen LogP contribution in [0.15, 0.2) is 235 Å². The molecule has 0 saturated carbocycles. The molecule has 61 heavy (non-hydrogen) atoms. The SMILES string of the molecule is c1ccc(-c2ccc(-c3ccc(N(c4ccc(-c5ccc6ccccc6c5)c5oc6ccccc6c45)c4cccc5c4c4ccccc4n5-c4ccccc4)cc3)cc2)cc1. The van der Waals surface area contributed by atoms with E-state index in [-0.39, 0.29) is 0 Å². The molecule has 286 valence electrons. The standard InChI is InChI=1S/C58H38N2O/c1-3-14-39(15-4-1)41-26-28-42(29-27-41)43-32-34-47(35-33-43)60(53-24-13-23-52-56(53)49-20-9-11-22-51(49)59(52)46-18-5-2-6-19-46)54-37-36-48(45-31-30-40-16-7-8-17-44(40)38-45)58-57(54)50-21-10-12-25-55(50)61-58/h1-38H. The van der Waals surface area contributed by atoms with E-state index in [1.54, 1.807) is 0 Å². The highest BCUT2D eigenvalue weighted by atomic mass is 16.3. The van der Waals surface area contributed by atoms with Gasteiger partial charge in [0.2, 0.25) is 0 Å². The number of fused-ring (bicyclic) bond motifs is 7. The highest BCUT2D eigenvalue weighted by molar-refractivity contribution is 6.21. The maximum absolute atomic E-state index is 6.92. The van der Waals surface area contributed by atoms with Gasteiger partial charge in [0.05, 0.1) is 27.8 Å². The summed E-state index contributed by atoms with van der Waals surface area (Å²) in [7, 11) is 0. The second-order valence-corrected chi connectivity index (χ2v) is 15.7. The number of benzene rings is 10. The Balaban J connectivity index is 1.10. The quantitative estimate of drug-likeness (QED) is 0.161. The fourth-order valence-corrected chi connectivity index (χ4v) is 9.32. The minimum Gasteiger partial charge on any atom is -0.455 e. The highest BCUT2D eigenvalue weighted by Crippen LogP contribution is 2.49. The molecule has 0 bridgehead atoms. The number of rotatable bonds is 7. The molecule has 0 fully saturated rings. The number of hydrogen-bond acceptors (Lipinski definition) is 2. The van der Waals surface area contributed by atoms with E-state index in [1.807, 2.05) is 0 Å². The zero-order chi connectivity index (χ0) is 40.3. The number of aromatic nitrogens is 1.